The molecule has 1 unspecified atom stereocenters. The molecule has 336 valence electrons. The number of aromatic nitrogens is 2. The van der Waals surface area contributed by atoms with E-state index < -0.39 is 0 Å². The monoisotopic (exact) mass is 880 g/mol. The number of furan rings is 1. The van der Waals surface area contributed by atoms with Crippen LogP contribution in [0.25, 0.3) is 55.1 Å². The first kappa shape index (κ1) is 47.2. The molecule has 5 aromatic carbocycles. The summed E-state index contributed by atoms with van der Waals surface area (Å²) in [5, 5.41) is 2.14. The third kappa shape index (κ3) is 10.5. The first-order valence-corrected chi connectivity index (χ1v) is 23.4. The Morgan fingerprint density at radius 1 is 0.836 bits per heavy atom. The fraction of sp³-hybridized carbons (Fsp3) is 0.197. The van der Waals surface area contributed by atoms with E-state index in [1.165, 1.54) is 33.8 Å². The van der Waals surface area contributed by atoms with Crippen molar-refractivity contribution in [3.05, 3.63) is 232 Å². The van der Waals surface area contributed by atoms with Gasteiger partial charge in [0.05, 0.1) is 11.3 Å². The zero-order chi connectivity index (χ0) is 47.3. The third-order valence-electron chi connectivity index (χ3n) is 12.1. The van der Waals surface area contributed by atoms with Crippen molar-refractivity contribution in [2.75, 3.05) is 19.0 Å². The second-order valence-electron chi connectivity index (χ2n) is 16.6. The molecule has 0 saturated heterocycles. The standard InChI is InChI=1S/C46H42N4O.C13H14N.C2H6/c1-6-16-39-44(46(3)26-15-14-20-34(30-46)49(39)4)40(27-32-18-8-7-9-19-32)50(5)43-29-38(35-21-11-10-17-31(35)2)47-45(48-43)33-24-25-42-37(28-33)36-22-12-13-23-41(36)51-42;1-3-4-6-11-13(14-2)12-9-7-5-8-10-12;1-2/h7-26,28-30H,6,27H2,1-5H3;2-5,7-11H,6H2,1H3;1-2H3/q;+1;/b39-16+,44-40-;4-3-,13-11-;. The van der Waals surface area contributed by atoms with Crippen molar-refractivity contribution < 1.29 is 4.42 Å². The smallest absolute Gasteiger partial charge is 0.343 e. The van der Waals surface area contributed by atoms with Crippen LogP contribution in [0, 0.1) is 18.9 Å². The molecule has 67 heavy (non-hydrogen) atoms. The molecule has 6 nitrogen and oxygen atoms in total. The summed E-state index contributed by atoms with van der Waals surface area (Å²) in [6, 6.07) is 45.7. The van der Waals surface area contributed by atoms with Gasteiger partial charge in [-0.15, -0.1) is 0 Å². The van der Waals surface area contributed by atoms with Crippen LogP contribution in [0.4, 0.5) is 5.82 Å². The number of fused-ring (bicyclic) bond motifs is 4. The van der Waals surface area contributed by atoms with Crippen LogP contribution in [-0.2, 0) is 6.42 Å². The maximum atomic E-state index is 6.18. The van der Waals surface area contributed by atoms with Gasteiger partial charge in [-0.3, -0.25) is 0 Å². The van der Waals surface area contributed by atoms with Gasteiger partial charge in [0.2, 0.25) is 0 Å². The highest BCUT2D eigenvalue weighted by molar-refractivity contribution is 6.06. The van der Waals surface area contributed by atoms with Gasteiger partial charge in [-0.1, -0.05) is 148 Å². The predicted molar refractivity (Wildman–Crippen MR) is 285 cm³/mol. The molecular weight excluding hydrogens is 819 g/mol. The molecule has 0 fully saturated rings. The summed E-state index contributed by atoms with van der Waals surface area (Å²) in [5.41, 5.74) is 13.5. The summed E-state index contributed by atoms with van der Waals surface area (Å²) < 4.78 is 6.18. The van der Waals surface area contributed by atoms with Gasteiger partial charge >= 0.3 is 5.70 Å². The van der Waals surface area contributed by atoms with Crippen LogP contribution in [0.2, 0.25) is 0 Å². The Hall–Kier alpha value is -7.75. The van der Waals surface area contributed by atoms with Crippen molar-refractivity contribution in [2.24, 2.45) is 5.41 Å². The highest BCUT2D eigenvalue weighted by Crippen LogP contribution is 2.47. The molecule has 1 aliphatic carbocycles. The van der Waals surface area contributed by atoms with Crippen LogP contribution in [0.5, 0.6) is 0 Å². The quantitative estimate of drug-likeness (QED) is 0.128. The molecule has 0 radical (unpaired) electrons. The van der Waals surface area contributed by atoms with Crippen molar-refractivity contribution in [1.29, 1.82) is 0 Å². The van der Waals surface area contributed by atoms with E-state index in [-0.39, 0.29) is 5.41 Å². The number of benzene rings is 5. The number of anilines is 1. The first-order chi connectivity index (χ1) is 32.7. The number of hydrogen-bond acceptors (Lipinski definition) is 5. The number of nitrogens with zero attached hydrogens (tertiary/aromatic N) is 5. The van der Waals surface area contributed by atoms with Crippen LogP contribution >= 0.6 is 0 Å². The molecule has 1 atom stereocenters. The minimum Gasteiger partial charge on any atom is -0.456 e. The van der Waals surface area contributed by atoms with Crippen LogP contribution in [-0.4, -0.2) is 29.0 Å². The zero-order valence-electron chi connectivity index (χ0n) is 40.2. The van der Waals surface area contributed by atoms with Crippen LogP contribution in [0.15, 0.2) is 215 Å². The topological polar surface area (TPSA) is 49.8 Å². The van der Waals surface area contributed by atoms with Gasteiger partial charge < -0.3 is 14.2 Å². The van der Waals surface area contributed by atoms with Gasteiger partial charge in [-0.25, -0.2) is 9.97 Å². The lowest BCUT2D eigenvalue weighted by Gasteiger charge is -2.42. The van der Waals surface area contributed by atoms with Gasteiger partial charge in [0.15, 0.2) is 5.82 Å². The maximum absolute atomic E-state index is 6.18. The Bertz CT molecular complexity index is 3100. The Kier molecular flexibility index (Phi) is 15.5. The average molecular weight is 881 g/mol. The van der Waals surface area contributed by atoms with E-state index in [1.54, 1.807) is 0 Å². The Labute approximate surface area is 397 Å². The van der Waals surface area contributed by atoms with Gasteiger partial charge in [-0.05, 0) is 98.1 Å². The molecule has 9 rings (SSSR count). The summed E-state index contributed by atoms with van der Waals surface area (Å²) in [6.07, 6.45) is 22.2. The fourth-order valence-corrected chi connectivity index (χ4v) is 8.72. The second-order valence-corrected chi connectivity index (χ2v) is 16.6. The maximum Gasteiger partial charge on any atom is 0.343 e. The predicted octanol–water partition coefficient (Wildman–Crippen LogP) is 16.2. The lowest BCUT2D eigenvalue weighted by molar-refractivity contribution is 0.462. The number of para-hydroxylation sites is 1. The minimum atomic E-state index is -0.340. The molecule has 0 amide bonds. The second kappa shape index (κ2) is 22.0. The molecule has 0 N–H and O–H groups in total. The average Bonchev–Trinajstić information content (AvgIpc) is 3.64. The molecule has 2 aromatic heterocycles. The normalized spacial score (nSPS) is 16.8. The largest absolute Gasteiger partial charge is 0.456 e. The number of likely N-dealkylation sites (N-methyl/N-ethyl adjacent to an activating group) is 2. The van der Waals surface area contributed by atoms with E-state index in [2.05, 4.69) is 177 Å². The molecule has 6 heteroatoms. The summed E-state index contributed by atoms with van der Waals surface area (Å²) in [6.45, 7) is 18.0. The van der Waals surface area contributed by atoms with Gasteiger partial charge in [0.1, 0.15) is 17.0 Å². The van der Waals surface area contributed by atoms with E-state index in [0.717, 1.165) is 75.1 Å². The molecule has 2 bridgehead atoms. The van der Waals surface area contributed by atoms with Gasteiger partial charge in [0.25, 0.3) is 6.57 Å². The molecule has 2 aliphatic rings. The SMILES string of the molecule is C#[N+]/C(=C\C/C=C\C)c1ccccc1.CC.CC/C=C1\C(=C(/Cc2ccccc2)N(C)c2cc(-c3ccccc3C)nc(-c3ccc4oc5ccccc5c4c3)n2)C2(C)C=CC=CC(=C2)N1C. The molecule has 0 saturated carbocycles. The van der Waals surface area contributed by atoms with E-state index in [1.807, 2.05) is 81.5 Å². The lowest BCUT2D eigenvalue weighted by atomic mass is 9.74. The number of allylic oxidation sites excluding steroid dienone is 11. The molecule has 0 spiro atoms. The van der Waals surface area contributed by atoms with Crippen molar-refractivity contribution in [3.8, 4) is 29.2 Å². The fourth-order valence-electron chi connectivity index (χ4n) is 8.72. The van der Waals surface area contributed by atoms with Crippen LogP contribution in [0.1, 0.15) is 64.2 Å². The molecular formula is C61H62N5O+. The van der Waals surface area contributed by atoms with Crippen molar-refractivity contribution in [1.82, 2.24) is 14.9 Å². The molecule has 3 heterocycles. The van der Waals surface area contributed by atoms with Crippen LogP contribution < -0.4 is 4.90 Å². The third-order valence-corrected chi connectivity index (χ3v) is 12.1. The summed E-state index contributed by atoms with van der Waals surface area (Å²) in [4.78, 5) is 19.0. The summed E-state index contributed by atoms with van der Waals surface area (Å²) in [7, 11) is 4.34. The van der Waals surface area contributed by atoms with Crippen molar-refractivity contribution in [2.45, 2.75) is 60.8 Å². The van der Waals surface area contributed by atoms with E-state index in [0.29, 0.717) is 5.82 Å². The molecule has 7 aromatic rings. The summed E-state index contributed by atoms with van der Waals surface area (Å²) >= 11 is 0. The van der Waals surface area contributed by atoms with Crippen LogP contribution in [0.3, 0.4) is 0 Å². The Morgan fingerprint density at radius 2 is 1.54 bits per heavy atom. The van der Waals surface area contributed by atoms with E-state index >= 15 is 0 Å². The highest BCUT2D eigenvalue weighted by atomic mass is 16.3. The van der Waals surface area contributed by atoms with E-state index in [4.69, 9.17) is 21.0 Å². The number of aryl methyl sites for hydroxylation is 1. The van der Waals surface area contributed by atoms with Gasteiger partial charge in [-0.2, -0.15) is 0 Å². The molecule has 1 aliphatic heterocycles. The van der Waals surface area contributed by atoms with E-state index in [9.17, 15) is 0 Å². The highest BCUT2D eigenvalue weighted by Gasteiger charge is 2.38. The number of hydrogen-bond donors (Lipinski definition) is 0. The van der Waals surface area contributed by atoms with Crippen molar-refractivity contribution in [3.63, 3.8) is 0 Å². The number of rotatable bonds is 10. The first-order valence-electron chi connectivity index (χ1n) is 23.4. The zero-order valence-corrected chi connectivity index (χ0v) is 40.2. The van der Waals surface area contributed by atoms with Crippen molar-refractivity contribution >= 4 is 33.5 Å². The Morgan fingerprint density at radius 3 is 2.27 bits per heavy atom. The minimum absolute atomic E-state index is 0.340. The van der Waals surface area contributed by atoms with Gasteiger partial charge in [0, 0.05) is 82.6 Å². The Balaban J connectivity index is 0.000000356. The lowest BCUT2D eigenvalue weighted by Crippen LogP contribution is -2.35. The summed E-state index contributed by atoms with van der Waals surface area (Å²) in [5.74, 6) is 1.51.